The minimum atomic E-state index is -1.56. The minimum Gasteiger partial charge on any atom is -0.457 e. The third-order valence-electron chi connectivity index (χ3n) is 7.31. The number of carbonyl (C=O) groups excluding carboxylic acids is 2. The van der Waals surface area contributed by atoms with Crippen LogP contribution in [0.2, 0.25) is 0 Å². The van der Waals surface area contributed by atoms with Gasteiger partial charge < -0.3 is 23.7 Å². The Kier molecular flexibility index (Phi) is 11.8. The lowest BCUT2D eigenvalue weighted by Crippen LogP contribution is -2.73. The molecule has 0 radical (unpaired) electrons. The molecule has 0 N–H and O–H groups in total. The smallest absolute Gasteiger partial charge is 0.339 e. The maximum Gasteiger partial charge on any atom is 0.339 e. The number of unbranched alkanes of at least 4 members (excludes halogenated alkanes) is 10. The van der Waals surface area contributed by atoms with Crippen molar-refractivity contribution in [2.24, 2.45) is 0 Å². The van der Waals surface area contributed by atoms with Gasteiger partial charge in [-0.05, 0) is 32.4 Å². The molecule has 0 aromatic heterocycles. The molecule has 0 bridgehead atoms. The number of carbonyl (C=O) groups is 2. The van der Waals surface area contributed by atoms with Crippen molar-refractivity contribution in [1.82, 2.24) is 0 Å². The summed E-state index contributed by atoms with van der Waals surface area (Å²) in [5.41, 5.74) is -1.56. The molecule has 0 saturated carbocycles. The van der Waals surface area contributed by atoms with Gasteiger partial charge in [0.25, 0.3) is 0 Å². The van der Waals surface area contributed by atoms with Gasteiger partial charge in [0.05, 0.1) is 0 Å². The van der Waals surface area contributed by atoms with E-state index in [0.29, 0.717) is 12.2 Å². The summed E-state index contributed by atoms with van der Waals surface area (Å²) in [6.07, 6.45) is 12.1. The molecule has 0 unspecified atom stereocenters. The van der Waals surface area contributed by atoms with E-state index in [1.54, 1.807) is 13.8 Å². The molecule has 2 aliphatic heterocycles. The van der Waals surface area contributed by atoms with E-state index >= 15 is 0 Å². The molecule has 7 nitrogen and oxygen atoms in total. The first-order valence-electron chi connectivity index (χ1n) is 13.1. The number of ether oxygens (including phenoxy) is 5. The van der Waals surface area contributed by atoms with Gasteiger partial charge in [0.15, 0.2) is 6.10 Å². The molecule has 2 rings (SSSR count). The van der Waals surface area contributed by atoms with Crippen LogP contribution in [0.25, 0.3) is 0 Å². The Labute approximate surface area is 210 Å². The zero-order valence-electron chi connectivity index (χ0n) is 22.1. The SMILES string of the molecule is CCCCCCCCCCCCC[C@H]1OC(=O)[C@@H]2O[C@@](C)(OC)[C@](C)(OC)O[C@]12C(=O)SCC. The van der Waals surface area contributed by atoms with Crippen molar-refractivity contribution in [3.8, 4) is 0 Å². The van der Waals surface area contributed by atoms with Crippen molar-refractivity contribution in [1.29, 1.82) is 0 Å². The van der Waals surface area contributed by atoms with Gasteiger partial charge in [-0.2, -0.15) is 0 Å². The molecule has 0 amide bonds. The standard InChI is InChI=1S/C26H46O7S/c1-7-9-10-11-12-13-14-15-16-17-18-19-20-26(23(28)34-8-2)21(22(27)31-20)32-24(3,29-5)25(4,30-6)33-26/h20-21H,7-19H2,1-6H3/t20-,21+,24-,25-,26-/m1/s1. The van der Waals surface area contributed by atoms with Gasteiger partial charge in [-0.3, -0.25) is 4.79 Å². The maximum atomic E-state index is 13.4. The molecule has 198 valence electrons. The van der Waals surface area contributed by atoms with Crippen LogP contribution >= 0.6 is 11.8 Å². The lowest BCUT2D eigenvalue weighted by Gasteiger charge is -2.53. The van der Waals surface area contributed by atoms with Gasteiger partial charge in [0.2, 0.25) is 22.3 Å². The fourth-order valence-electron chi connectivity index (χ4n) is 4.89. The highest BCUT2D eigenvalue weighted by atomic mass is 32.2. The third-order valence-corrected chi connectivity index (χ3v) is 8.18. The van der Waals surface area contributed by atoms with Crippen LogP contribution in [0.3, 0.4) is 0 Å². The topological polar surface area (TPSA) is 80.3 Å². The first-order valence-corrected chi connectivity index (χ1v) is 14.1. The Morgan fingerprint density at radius 1 is 0.882 bits per heavy atom. The molecule has 2 heterocycles. The molecule has 0 aromatic carbocycles. The van der Waals surface area contributed by atoms with E-state index in [9.17, 15) is 9.59 Å². The highest BCUT2D eigenvalue weighted by Gasteiger charge is 2.73. The monoisotopic (exact) mass is 502 g/mol. The molecule has 2 saturated heterocycles. The normalized spacial score (nSPS) is 33.1. The third kappa shape index (κ3) is 6.36. The van der Waals surface area contributed by atoms with Crippen LogP contribution in [0, 0.1) is 0 Å². The van der Waals surface area contributed by atoms with Crippen molar-refractivity contribution in [2.45, 2.75) is 134 Å². The van der Waals surface area contributed by atoms with E-state index in [1.165, 1.54) is 65.6 Å². The number of rotatable bonds is 16. The van der Waals surface area contributed by atoms with Gasteiger partial charge in [-0.25, -0.2) is 4.79 Å². The summed E-state index contributed by atoms with van der Waals surface area (Å²) in [6, 6.07) is 0. The summed E-state index contributed by atoms with van der Waals surface area (Å²) < 4.78 is 29.4. The zero-order valence-corrected chi connectivity index (χ0v) is 22.9. The zero-order chi connectivity index (χ0) is 25.2. The summed E-state index contributed by atoms with van der Waals surface area (Å²) in [6.45, 7) is 7.44. The van der Waals surface area contributed by atoms with E-state index in [4.69, 9.17) is 23.7 Å². The lowest BCUT2D eigenvalue weighted by atomic mass is 9.87. The number of cyclic esters (lactones) is 1. The van der Waals surface area contributed by atoms with Crippen molar-refractivity contribution in [2.75, 3.05) is 20.0 Å². The Bertz CT molecular complexity index is 659. The first-order chi connectivity index (χ1) is 16.2. The second-order valence-corrected chi connectivity index (χ2v) is 10.9. The van der Waals surface area contributed by atoms with Crippen LogP contribution < -0.4 is 0 Å². The van der Waals surface area contributed by atoms with Crippen molar-refractivity contribution < 1.29 is 33.3 Å². The van der Waals surface area contributed by atoms with Crippen molar-refractivity contribution in [3.63, 3.8) is 0 Å². The van der Waals surface area contributed by atoms with E-state index in [-0.39, 0.29) is 5.12 Å². The van der Waals surface area contributed by atoms with Gasteiger partial charge in [-0.1, -0.05) is 89.8 Å². The molecule has 0 spiro atoms. The second kappa shape index (κ2) is 13.6. The number of fused-ring (bicyclic) bond motifs is 1. The summed E-state index contributed by atoms with van der Waals surface area (Å²) in [5, 5.41) is -0.264. The molecule has 0 aliphatic carbocycles. The second-order valence-electron chi connectivity index (χ2n) is 9.66. The summed E-state index contributed by atoms with van der Waals surface area (Å²) in [7, 11) is 2.93. The van der Waals surface area contributed by atoms with E-state index in [0.717, 1.165) is 31.0 Å². The van der Waals surface area contributed by atoms with Gasteiger partial charge in [-0.15, -0.1) is 0 Å². The van der Waals surface area contributed by atoms with Crippen molar-refractivity contribution >= 4 is 22.8 Å². The maximum absolute atomic E-state index is 13.4. The summed E-state index contributed by atoms with van der Waals surface area (Å²) >= 11 is 1.12. The van der Waals surface area contributed by atoms with Gasteiger partial charge in [0.1, 0.15) is 6.10 Å². The number of hydrogen-bond acceptors (Lipinski definition) is 8. The number of hydrogen-bond donors (Lipinski definition) is 0. The lowest BCUT2D eigenvalue weighted by molar-refractivity contribution is -0.453. The Balaban J connectivity index is 1.97. The van der Waals surface area contributed by atoms with Gasteiger partial charge >= 0.3 is 5.97 Å². The molecule has 5 atom stereocenters. The largest absolute Gasteiger partial charge is 0.457 e. The van der Waals surface area contributed by atoms with Crippen LogP contribution in [0.1, 0.15) is 105 Å². The fraction of sp³-hybridized carbons (Fsp3) is 0.923. The molecule has 34 heavy (non-hydrogen) atoms. The highest BCUT2D eigenvalue weighted by Crippen LogP contribution is 2.51. The van der Waals surface area contributed by atoms with Crippen LogP contribution in [-0.2, 0) is 33.3 Å². The van der Waals surface area contributed by atoms with E-state index < -0.39 is 35.4 Å². The minimum absolute atomic E-state index is 0.264. The average Bonchev–Trinajstić information content (AvgIpc) is 3.08. The Morgan fingerprint density at radius 3 is 1.91 bits per heavy atom. The molecular weight excluding hydrogens is 456 g/mol. The number of methoxy groups -OCH3 is 2. The van der Waals surface area contributed by atoms with Crippen LogP contribution in [0.4, 0.5) is 0 Å². The Morgan fingerprint density at radius 2 is 1.41 bits per heavy atom. The molecule has 2 aliphatic rings. The summed E-state index contributed by atoms with van der Waals surface area (Å²) in [4.78, 5) is 26.2. The van der Waals surface area contributed by atoms with Crippen LogP contribution in [0.5, 0.6) is 0 Å². The Hall–Kier alpha value is -0.670. The molecule has 8 heteroatoms. The van der Waals surface area contributed by atoms with Crippen LogP contribution in [-0.4, -0.2) is 60.4 Å². The highest BCUT2D eigenvalue weighted by molar-refractivity contribution is 8.13. The van der Waals surface area contributed by atoms with Gasteiger partial charge in [0, 0.05) is 14.2 Å². The predicted octanol–water partition coefficient (Wildman–Crippen LogP) is 5.77. The quantitative estimate of drug-likeness (QED) is 0.194. The number of thioether (sulfide) groups is 1. The van der Waals surface area contributed by atoms with E-state index in [2.05, 4.69) is 6.92 Å². The van der Waals surface area contributed by atoms with Crippen LogP contribution in [0.15, 0.2) is 0 Å². The van der Waals surface area contributed by atoms with Crippen molar-refractivity contribution in [3.05, 3.63) is 0 Å². The van der Waals surface area contributed by atoms with E-state index in [1.807, 2.05) is 6.92 Å². The predicted molar refractivity (Wildman–Crippen MR) is 134 cm³/mol. The summed E-state index contributed by atoms with van der Waals surface area (Å²) in [5.74, 6) is -2.80. The first kappa shape index (κ1) is 29.6. The molecule has 0 aromatic rings. The average molecular weight is 503 g/mol. The number of esters is 1. The molecular formula is C26H46O7S. The molecule has 2 fully saturated rings. The fourth-order valence-corrected chi connectivity index (χ4v) is 5.66.